The van der Waals surface area contributed by atoms with Gasteiger partial charge in [0.15, 0.2) is 0 Å². The highest BCUT2D eigenvalue weighted by Gasteiger charge is 2.18. The van der Waals surface area contributed by atoms with Gasteiger partial charge in [-0.3, -0.25) is 4.79 Å². The third-order valence-corrected chi connectivity index (χ3v) is 6.92. The predicted molar refractivity (Wildman–Crippen MR) is 128 cm³/mol. The first-order valence-electron chi connectivity index (χ1n) is 10.9. The quantitative estimate of drug-likeness (QED) is 0.390. The fourth-order valence-electron chi connectivity index (χ4n) is 4.13. The number of halogens is 1. The minimum absolute atomic E-state index is 0.114. The predicted octanol–water partition coefficient (Wildman–Crippen LogP) is 5.55. The molecule has 0 aliphatic carbocycles. The molecule has 1 amide bonds. The number of hydrogen-bond acceptors (Lipinski definition) is 5. The summed E-state index contributed by atoms with van der Waals surface area (Å²) in [5.74, 6) is 0.813. The van der Waals surface area contributed by atoms with Crippen molar-refractivity contribution >= 4 is 39.1 Å². The van der Waals surface area contributed by atoms with Crippen molar-refractivity contribution in [1.82, 2.24) is 19.9 Å². The Morgan fingerprint density at radius 3 is 2.72 bits per heavy atom. The first-order valence-corrected chi connectivity index (χ1v) is 12.1. The van der Waals surface area contributed by atoms with Gasteiger partial charge in [-0.2, -0.15) is 0 Å². The van der Waals surface area contributed by atoms with Crippen LogP contribution in [-0.4, -0.2) is 38.8 Å². The number of nitrogens with zero attached hydrogens (tertiary/aromatic N) is 4. The van der Waals surface area contributed by atoms with Crippen LogP contribution in [0.25, 0.3) is 10.2 Å². The van der Waals surface area contributed by atoms with Crippen molar-refractivity contribution in [2.75, 3.05) is 13.1 Å². The Labute approximate surface area is 196 Å². The van der Waals surface area contributed by atoms with Gasteiger partial charge >= 0.3 is 0 Å². The zero-order valence-corrected chi connectivity index (χ0v) is 19.2. The van der Waals surface area contributed by atoms with Gasteiger partial charge < -0.3 is 4.90 Å². The molecule has 5 rings (SSSR count). The molecule has 4 aromatic rings. The monoisotopic (exact) mass is 462 g/mol. The van der Waals surface area contributed by atoms with Gasteiger partial charge in [0, 0.05) is 37.7 Å². The molecule has 3 heterocycles. The van der Waals surface area contributed by atoms with E-state index in [0.29, 0.717) is 23.7 Å². The van der Waals surface area contributed by atoms with Gasteiger partial charge in [-0.1, -0.05) is 29.8 Å². The lowest BCUT2D eigenvalue weighted by atomic mass is 10.0. The van der Waals surface area contributed by atoms with Crippen molar-refractivity contribution in [2.24, 2.45) is 0 Å². The maximum Gasteiger partial charge on any atom is 0.253 e. The topological polar surface area (TPSA) is 59.0 Å². The molecule has 0 saturated carbocycles. The number of piperidine rings is 1. The van der Waals surface area contributed by atoms with Crippen LogP contribution in [0, 0.1) is 0 Å². The zero-order chi connectivity index (χ0) is 21.9. The Morgan fingerprint density at radius 1 is 1.00 bits per heavy atom. The number of carbonyl (C=O) groups is 1. The molecule has 162 valence electrons. The van der Waals surface area contributed by atoms with Gasteiger partial charge in [0.25, 0.3) is 5.91 Å². The number of likely N-dealkylation sites (tertiary alicyclic amines) is 1. The molecule has 2 aromatic heterocycles. The third-order valence-electron chi connectivity index (χ3n) is 5.81. The summed E-state index contributed by atoms with van der Waals surface area (Å²) in [5.41, 5.74) is 6.56. The number of amides is 1. The summed E-state index contributed by atoms with van der Waals surface area (Å²) in [5, 5.41) is 0.562. The molecule has 32 heavy (non-hydrogen) atoms. The Morgan fingerprint density at radius 2 is 1.84 bits per heavy atom. The van der Waals surface area contributed by atoms with Crippen molar-refractivity contribution in [3.8, 4) is 0 Å². The number of aromatic nitrogens is 3. The van der Waals surface area contributed by atoms with Crippen LogP contribution >= 0.6 is 22.9 Å². The van der Waals surface area contributed by atoms with E-state index in [-0.39, 0.29) is 5.91 Å². The molecule has 5 nitrogen and oxygen atoms in total. The second kappa shape index (κ2) is 9.35. The number of fused-ring (bicyclic) bond motifs is 1. The highest BCUT2D eigenvalue weighted by molar-refractivity contribution is 7.16. The molecule has 2 aromatic carbocycles. The Balaban J connectivity index is 1.34. The average molecular weight is 463 g/mol. The van der Waals surface area contributed by atoms with E-state index in [2.05, 4.69) is 22.1 Å². The molecule has 7 heteroatoms. The van der Waals surface area contributed by atoms with Gasteiger partial charge in [-0.15, -0.1) is 11.3 Å². The lowest BCUT2D eigenvalue weighted by molar-refractivity contribution is 0.0724. The summed E-state index contributed by atoms with van der Waals surface area (Å²) in [4.78, 5) is 28.3. The molecule has 0 N–H and O–H groups in total. The summed E-state index contributed by atoms with van der Waals surface area (Å²) in [6.45, 7) is 1.69. The molecule has 0 atom stereocenters. The summed E-state index contributed by atoms with van der Waals surface area (Å²) in [6.07, 6.45) is 6.24. The van der Waals surface area contributed by atoms with Crippen molar-refractivity contribution < 1.29 is 4.79 Å². The van der Waals surface area contributed by atoms with E-state index in [1.165, 1.54) is 6.42 Å². The van der Waals surface area contributed by atoms with E-state index in [9.17, 15) is 4.79 Å². The number of benzene rings is 2. The largest absolute Gasteiger partial charge is 0.339 e. The lowest BCUT2D eigenvalue weighted by Crippen LogP contribution is -2.35. The number of rotatable bonds is 5. The van der Waals surface area contributed by atoms with Gasteiger partial charge in [-0.25, -0.2) is 15.0 Å². The molecular weight excluding hydrogens is 440 g/mol. The van der Waals surface area contributed by atoms with E-state index in [1.54, 1.807) is 17.5 Å². The van der Waals surface area contributed by atoms with Crippen LogP contribution in [0.3, 0.4) is 0 Å². The molecule has 0 radical (unpaired) electrons. The maximum absolute atomic E-state index is 12.9. The molecule has 1 aliphatic rings. The number of hydrogen-bond donors (Lipinski definition) is 0. The van der Waals surface area contributed by atoms with Gasteiger partial charge in [0.05, 0.1) is 26.4 Å². The molecular formula is C25H23ClN4OS. The van der Waals surface area contributed by atoms with Crippen molar-refractivity contribution in [1.29, 1.82) is 0 Å². The van der Waals surface area contributed by atoms with Crippen LogP contribution in [0.5, 0.6) is 0 Å². The third kappa shape index (κ3) is 4.66. The second-order valence-corrected chi connectivity index (χ2v) is 9.44. The van der Waals surface area contributed by atoms with Crippen LogP contribution in [0.1, 0.15) is 52.3 Å². The van der Waals surface area contributed by atoms with Crippen LogP contribution < -0.4 is 0 Å². The highest BCUT2D eigenvalue weighted by Crippen LogP contribution is 2.23. The average Bonchev–Trinajstić information content (AvgIpc) is 3.29. The molecule has 1 fully saturated rings. The summed E-state index contributed by atoms with van der Waals surface area (Å²) >= 11 is 8.04. The highest BCUT2D eigenvalue weighted by atomic mass is 35.5. The molecule has 1 saturated heterocycles. The lowest BCUT2D eigenvalue weighted by Gasteiger charge is -2.26. The van der Waals surface area contributed by atoms with E-state index in [0.717, 1.165) is 58.5 Å². The van der Waals surface area contributed by atoms with E-state index in [1.807, 2.05) is 40.7 Å². The van der Waals surface area contributed by atoms with Gasteiger partial charge in [0.2, 0.25) is 0 Å². The normalized spacial score (nSPS) is 14.1. The minimum atomic E-state index is 0.114. The zero-order valence-electron chi connectivity index (χ0n) is 17.6. The van der Waals surface area contributed by atoms with Gasteiger partial charge in [0.1, 0.15) is 5.82 Å². The second-order valence-electron chi connectivity index (χ2n) is 8.14. The number of thiazole rings is 1. The Bertz CT molecular complexity index is 1270. The van der Waals surface area contributed by atoms with E-state index < -0.39 is 0 Å². The minimum Gasteiger partial charge on any atom is -0.339 e. The fraction of sp³-hybridized carbons (Fsp3) is 0.280. The van der Waals surface area contributed by atoms with Crippen LogP contribution in [0.4, 0.5) is 0 Å². The smallest absolute Gasteiger partial charge is 0.253 e. The maximum atomic E-state index is 12.9. The van der Waals surface area contributed by atoms with Crippen LogP contribution in [0.2, 0.25) is 5.02 Å². The van der Waals surface area contributed by atoms with Crippen molar-refractivity contribution in [3.63, 3.8) is 0 Å². The standard InChI is InChI=1S/C25H23ClN4OS/c26-20-15-27-24(29-22(20)12-18-7-8-21-23(13-18)32-16-28-21)14-17-5-4-6-19(11-17)25(31)30-9-2-1-3-10-30/h4-8,11,13,15-16H,1-3,9-10,12,14H2. The SMILES string of the molecule is O=C(c1cccc(Cc2ncc(Cl)c(Cc3ccc4ncsc4c3)n2)c1)N1CCCCC1. The summed E-state index contributed by atoms with van der Waals surface area (Å²) in [6, 6.07) is 14.0. The number of carbonyl (C=O) groups excluding carboxylic acids is 1. The molecule has 0 bridgehead atoms. The Hall–Kier alpha value is -2.83. The molecule has 1 aliphatic heterocycles. The molecule has 0 unspecified atom stereocenters. The van der Waals surface area contributed by atoms with Crippen molar-refractivity contribution in [2.45, 2.75) is 32.1 Å². The Kier molecular flexibility index (Phi) is 6.14. The van der Waals surface area contributed by atoms with Crippen LogP contribution in [-0.2, 0) is 12.8 Å². The van der Waals surface area contributed by atoms with E-state index in [4.69, 9.17) is 16.6 Å². The summed E-state index contributed by atoms with van der Waals surface area (Å²) < 4.78 is 1.16. The fourth-order valence-corrected chi connectivity index (χ4v) is 5.03. The van der Waals surface area contributed by atoms with Crippen LogP contribution in [0.15, 0.2) is 54.2 Å². The van der Waals surface area contributed by atoms with E-state index >= 15 is 0 Å². The first-order chi connectivity index (χ1) is 15.7. The van der Waals surface area contributed by atoms with Crippen molar-refractivity contribution in [3.05, 3.63) is 87.4 Å². The first kappa shape index (κ1) is 21.0. The van der Waals surface area contributed by atoms with Gasteiger partial charge in [-0.05, 0) is 54.7 Å². The summed E-state index contributed by atoms with van der Waals surface area (Å²) in [7, 11) is 0. The molecule has 0 spiro atoms.